The highest BCUT2D eigenvalue weighted by atomic mass is 32.2. The van der Waals surface area contributed by atoms with Crippen LogP contribution in [0, 0.1) is 5.92 Å². The van der Waals surface area contributed by atoms with Crippen LogP contribution in [0.1, 0.15) is 6.42 Å². The summed E-state index contributed by atoms with van der Waals surface area (Å²) in [6.45, 7) is 2.70. The lowest BCUT2D eigenvalue weighted by atomic mass is 10.1. The van der Waals surface area contributed by atoms with Crippen molar-refractivity contribution in [1.29, 1.82) is 0 Å². The number of carbonyl (C=O) groups is 1. The number of allylic oxidation sites excluding steroid dienone is 1. The van der Waals surface area contributed by atoms with Gasteiger partial charge in [-0.15, -0.1) is 0 Å². The molecule has 0 spiro atoms. The third-order valence-corrected chi connectivity index (χ3v) is 7.02. The Bertz CT molecular complexity index is 856. The number of dihydropyridines is 1. The van der Waals surface area contributed by atoms with E-state index in [0.717, 1.165) is 13.1 Å². The first-order valence-electron chi connectivity index (χ1n) is 9.08. The van der Waals surface area contributed by atoms with E-state index in [0.29, 0.717) is 31.5 Å². The van der Waals surface area contributed by atoms with Gasteiger partial charge < -0.3 is 10.2 Å². The molecule has 0 saturated carbocycles. The van der Waals surface area contributed by atoms with Gasteiger partial charge >= 0.3 is 6.03 Å². The third-order valence-electron chi connectivity index (χ3n) is 5.24. The minimum absolute atomic E-state index is 0.0897. The predicted molar refractivity (Wildman–Crippen MR) is 102 cm³/mol. The Morgan fingerprint density at radius 1 is 1.26 bits per heavy atom. The highest BCUT2D eigenvalue weighted by Gasteiger charge is 2.38. The van der Waals surface area contributed by atoms with E-state index in [1.807, 2.05) is 4.90 Å². The van der Waals surface area contributed by atoms with E-state index in [2.05, 4.69) is 21.2 Å². The summed E-state index contributed by atoms with van der Waals surface area (Å²) in [5.41, 5.74) is 6.29. The quantitative estimate of drug-likeness (QED) is 0.688. The second-order valence-electron chi connectivity index (χ2n) is 7.07. The fourth-order valence-corrected chi connectivity index (χ4v) is 4.94. The first-order valence-corrected chi connectivity index (χ1v) is 10.6. The van der Waals surface area contributed by atoms with Crippen molar-refractivity contribution < 1.29 is 13.2 Å². The number of nitrogens with one attached hydrogen (secondary N) is 3. The molecule has 9 heteroatoms. The van der Waals surface area contributed by atoms with E-state index in [4.69, 9.17) is 0 Å². The molecule has 3 heterocycles. The molecule has 4 rings (SSSR count). The molecular formula is C18H23N5O3S. The molecule has 144 valence electrons. The monoisotopic (exact) mass is 389 g/mol. The molecule has 0 aliphatic carbocycles. The highest BCUT2D eigenvalue weighted by Crippen LogP contribution is 2.22. The Morgan fingerprint density at radius 2 is 2.07 bits per heavy atom. The molecule has 8 nitrogen and oxygen atoms in total. The number of nitrogens with zero attached hydrogens (tertiary/aromatic N) is 2. The van der Waals surface area contributed by atoms with Gasteiger partial charge in [0, 0.05) is 44.4 Å². The predicted octanol–water partition coefficient (Wildman–Crippen LogP) is 0.305. The lowest BCUT2D eigenvalue weighted by Gasteiger charge is -2.21. The van der Waals surface area contributed by atoms with Gasteiger partial charge in [-0.05, 0) is 18.6 Å². The van der Waals surface area contributed by atoms with Crippen molar-refractivity contribution in [3.8, 4) is 0 Å². The van der Waals surface area contributed by atoms with Gasteiger partial charge in [0.15, 0.2) is 0 Å². The number of benzene rings is 1. The van der Waals surface area contributed by atoms with Gasteiger partial charge in [-0.1, -0.05) is 24.3 Å². The highest BCUT2D eigenvalue weighted by molar-refractivity contribution is 7.96. The Morgan fingerprint density at radius 3 is 2.78 bits per heavy atom. The van der Waals surface area contributed by atoms with Crippen LogP contribution in [0.2, 0.25) is 0 Å². The molecule has 2 saturated heterocycles. The van der Waals surface area contributed by atoms with Crippen LogP contribution >= 0.6 is 0 Å². The summed E-state index contributed by atoms with van der Waals surface area (Å²) in [5, 5.41) is 2.92. The molecule has 3 N–H and O–H groups in total. The number of urea groups is 1. The molecule has 0 bridgehead atoms. The summed E-state index contributed by atoms with van der Waals surface area (Å²) in [6.07, 6.45) is 3.56. The molecule has 3 unspecified atom stereocenters. The molecule has 3 atom stereocenters. The van der Waals surface area contributed by atoms with Crippen molar-refractivity contribution in [1.82, 2.24) is 21.1 Å². The van der Waals surface area contributed by atoms with E-state index >= 15 is 0 Å². The molecule has 2 fully saturated rings. The Balaban J connectivity index is 1.29. The van der Waals surface area contributed by atoms with Gasteiger partial charge in [0.25, 0.3) is 0 Å². The van der Waals surface area contributed by atoms with Crippen molar-refractivity contribution in [3.63, 3.8) is 0 Å². The first kappa shape index (κ1) is 18.1. The number of fused-ring (bicyclic) bond motifs is 1. The van der Waals surface area contributed by atoms with Crippen LogP contribution in [0.4, 0.5) is 4.79 Å². The summed E-state index contributed by atoms with van der Waals surface area (Å²) in [7, 11) is -3.54. The molecule has 3 aliphatic heterocycles. The van der Waals surface area contributed by atoms with Crippen LogP contribution in [0.15, 0.2) is 51.2 Å². The number of hydrogen-bond donors (Lipinski definition) is 3. The average Bonchev–Trinajstić information content (AvgIpc) is 3.29. The van der Waals surface area contributed by atoms with Gasteiger partial charge in [-0.2, -0.15) is 0 Å². The number of carbonyl (C=O) groups excluding carboxylic acids is 1. The maximum atomic E-state index is 12.6. The van der Waals surface area contributed by atoms with Crippen LogP contribution in [0.5, 0.6) is 0 Å². The standard InChI is InChI=1S/C18H23N5O3S/c24-18(23-11-13-8-21-22-17(13)12-23)20-9-14-6-7-16(10-19-14)27(25,26)15-4-2-1-3-5-15/h1-5,7,10,13-14,17,21-22H,6,8-9,11-12H2,(H,20,24). The topological polar surface area (TPSA) is 103 Å². The normalized spacial score (nSPS) is 27.3. The van der Waals surface area contributed by atoms with Crippen LogP contribution < -0.4 is 16.2 Å². The Labute approximate surface area is 158 Å². The van der Waals surface area contributed by atoms with Crippen LogP contribution in [0.3, 0.4) is 0 Å². The second kappa shape index (κ2) is 7.41. The van der Waals surface area contributed by atoms with Gasteiger partial charge in [0.05, 0.1) is 15.8 Å². The lowest BCUT2D eigenvalue weighted by Crippen LogP contribution is -2.44. The molecule has 27 heavy (non-hydrogen) atoms. The summed E-state index contributed by atoms with van der Waals surface area (Å²) < 4.78 is 25.2. The first-order chi connectivity index (χ1) is 13.0. The zero-order valence-electron chi connectivity index (χ0n) is 14.8. The van der Waals surface area contributed by atoms with Gasteiger partial charge in [0.1, 0.15) is 0 Å². The van der Waals surface area contributed by atoms with Crippen LogP contribution in [-0.2, 0) is 9.84 Å². The number of amides is 2. The summed E-state index contributed by atoms with van der Waals surface area (Å²) >= 11 is 0. The minimum Gasteiger partial charge on any atom is -0.336 e. The van der Waals surface area contributed by atoms with Crippen LogP contribution in [0.25, 0.3) is 0 Å². The fourth-order valence-electron chi connectivity index (χ4n) is 3.64. The summed E-state index contributed by atoms with van der Waals surface area (Å²) in [6, 6.07) is 8.41. The Kier molecular flexibility index (Phi) is 4.98. The van der Waals surface area contributed by atoms with Gasteiger partial charge in [-0.25, -0.2) is 13.2 Å². The fraction of sp³-hybridized carbons (Fsp3) is 0.444. The van der Waals surface area contributed by atoms with Crippen molar-refractivity contribution >= 4 is 22.1 Å². The maximum absolute atomic E-state index is 12.6. The maximum Gasteiger partial charge on any atom is 0.317 e. The molecule has 0 radical (unpaired) electrons. The molecular weight excluding hydrogens is 366 g/mol. The number of hydrazine groups is 1. The number of rotatable bonds is 4. The molecule has 2 amide bonds. The minimum atomic E-state index is -3.54. The zero-order valence-corrected chi connectivity index (χ0v) is 15.7. The molecule has 0 aromatic heterocycles. The molecule has 3 aliphatic rings. The van der Waals surface area contributed by atoms with Crippen molar-refractivity contribution in [2.24, 2.45) is 10.9 Å². The third kappa shape index (κ3) is 3.76. The van der Waals surface area contributed by atoms with E-state index in [-0.39, 0.29) is 21.9 Å². The van der Waals surface area contributed by atoms with E-state index in [1.54, 1.807) is 36.4 Å². The number of likely N-dealkylation sites (tertiary alicyclic amines) is 1. The van der Waals surface area contributed by atoms with Crippen molar-refractivity contribution in [2.75, 3.05) is 26.2 Å². The van der Waals surface area contributed by atoms with Crippen molar-refractivity contribution in [3.05, 3.63) is 41.3 Å². The summed E-state index contributed by atoms with van der Waals surface area (Å²) in [5.74, 6) is 0.456. The smallest absolute Gasteiger partial charge is 0.317 e. The molecule has 1 aromatic rings. The Hall–Kier alpha value is -2.23. The SMILES string of the molecule is O=C(NCC1CC=C(S(=O)(=O)c2ccccc2)C=N1)N1CC2CNNC2C1. The number of hydrogen-bond acceptors (Lipinski definition) is 6. The van der Waals surface area contributed by atoms with Gasteiger partial charge in [0.2, 0.25) is 9.84 Å². The largest absolute Gasteiger partial charge is 0.336 e. The summed E-state index contributed by atoms with van der Waals surface area (Å²) in [4.78, 5) is 18.9. The number of aliphatic imine (C=N–C) groups is 1. The van der Waals surface area contributed by atoms with Gasteiger partial charge in [-0.3, -0.25) is 15.8 Å². The average molecular weight is 389 g/mol. The van der Waals surface area contributed by atoms with E-state index in [1.165, 1.54) is 6.21 Å². The van der Waals surface area contributed by atoms with E-state index in [9.17, 15) is 13.2 Å². The van der Waals surface area contributed by atoms with Crippen molar-refractivity contribution in [2.45, 2.75) is 23.4 Å². The molecule has 1 aromatic carbocycles. The van der Waals surface area contributed by atoms with Crippen LogP contribution in [-0.4, -0.2) is 63.8 Å². The zero-order chi connectivity index (χ0) is 18.9. The second-order valence-corrected chi connectivity index (χ2v) is 9.02. The lowest BCUT2D eigenvalue weighted by molar-refractivity contribution is 0.204. The van der Waals surface area contributed by atoms with E-state index < -0.39 is 9.84 Å². The number of sulfone groups is 1.